The normalized spacial score (nSPS) is 19.1. The summed E-state index contributed by atoms with van der Waals surface area (Å²) in [7, 11) is 0. The molecule has 1 fully saturated rings. The summed E-state index contributed by atoms with van der Waals surface area (Å²) < 4.78 is 21.1. The van der Waals surface area contributed by atoms with Crippen molar-refractivity contribution in [3.63, 3.8) is 0 Å². The summed E-state index contributed by atoms with van der Waals surface area (Å²) in [5, 5.41) is 0. The van der Waals surface area contributed by atoms with E-state index in [4.69, 9.17) is 9.72 Å². The number of imidazole rings is 1. The van der Waals surface area contributed by atoms with Crippen molar-refractivity contribution >= 4 is 11.9 Å². The molecule has 30 heavy (non-hydrogen) atoms. The van der Waals surface area contributed by atoms with Crippen LogP contribution < -0.4 is 0 Å². The summed E-state index contributed by atoms with van der Waals surface area (Å²) >= 11 is 0. The van der Waals surface area contributed by atoms with Crippen molar-refractivity contribution in [3.8, 4) is 11.4 Å². The van der Waals surface area contributed by atoms with Gasteiger partial charge in [0.25, 0.3) is 5.91 Å². The van der Waals surface area contributed by atoms with E-state index in [1.807, 2.05) is 6.07 Å². The van der Waals surface area contributed by atoms with E-state index in [-0.39, 0.29) is 23.6 Å². The van der Waals surface area contributed by atoms with Gasteiger partial charge in [0, 0.05) is 25.2 Å². The molecule has 0 bridgehead atoms. The van der Waals surface area contributed by atoms with Crippen LogP contribution in [0.2, 0.25) is 0 Å². The molecule has 0 aliphatic carbocycles. The fourth-order valence-electron chi connectivity index (χ4n) is 4.50. The molecule has 4 rings (SSSR count). The van der Waals surface area contributed by atoms with Crippen LogP contribution in [0.5, 0.6) is 0 Å². The molecule has 1 aromatic carbocycles. The van der Waals surface area contributed by atoms with E-state index in [9.17, 15) is 14.0 Å². The highest BCUT2D eigenvalue weighted by molar-refractivity contribution is 5.94. The molecule has 0 saturated carbocycles. The minimum atomic E-state index is -0.320. The molecule has 1 aromatic heterocycles. The zero-order chi connectivity index (χ0) is 21.1. The number of amides is 1. The number of carbonyl (C=O) groups excluding carboxylic acids is 2. The van der Waals surface area contributed by atoms with Gasteiger partial charge in [-0.3, -0.25) is 9.59 Å². The molecule has 6 nitrogen and oxygen atoms in total. The number of rotatable bonds is 4. The number of ether oxygens (including phenoxy) is 1. The zero-order valence-corrected chi connectivity index (χ0v) is 17.4. The van der Waals surface area contributed by atoms with Crippen molar-refractivity contribution in [3.05, 3.63) is 41.5 Å². The van der Waals surface area contributed by atoms with Crippen molar-refractivity contribution in [1.29, 1.82) is 0 Å². The predicted octanol–water partition coefficient (Wildman–Crippen LogP) is 3.83. The highest BCUT2D eigenvalue weighted by Gasteiger charge is 2.33. The second-order valence-electron chi connectivity index (χ2n) is 8.05. The first-order valence-corrected chi connectivity index (χ1v) is 10.9. The van der Waals surface area contributed by atoms with Crippen molar-refractivity contribution < 1.29 is 18.7 Å². The van der Waals surface area contributed by atoms with Crippen LogP contribution in [0.15, 0.2) is 24.3 Å². The molecule has 1 unspecified atom stereocenters. The summed E-state index contributed by atoms with van der Waals surface area (Å²) in [5.41, 5.74) is 2.05. The Morgan fingerprint density at radius 2 is 2.07 bits per heavy atom. The Kier molecular flexibility index (Phi) is 6.16. The third-order valence-corrected chi connectivity index (χ3v) is 5.98. The molecule has 2 aliphatic rings. The highest BCUT2D eigenvalue weighted by Crippen LogP contribution is 2.29. The SMILES string of the molecule is CCOC(=O)C1CCCN(C(=O)c2nc(-c3cccc(F)c3)n3c2CCCCC3)C1. The van der Waals surface area contributed by atoms with Gasteiger partial charge in [-0.25, -0.2) is 9.37 Å². The Hall–Kier alpha value is -2.70. The molecule has 160 valence electrons. The number of carbonyl (C=O) groups is 2. The van der Waals surface area contributed by atoms with E-state index in [0.717, 1.165) is 50.8 Å². The van der Waals surface area contributed by atoms with E-state index in [1.165, 1.54) is 12.1 Å². The standard InChI is InChI=1S/C23H28FN3O3/c1-2-30-23(29)17-9-7-12-26(15-17)22(28)20-19-11-4-3-5-13-27(19)21(25-20)16-8-6-10-18(24)14-16/h6,8,10,14,17H,2-5,7,9,11-13,15H2,1H3. The lowest BCUT2D eigenvalue weighted by atomic mass is 9.97. The van der Waals surface area contributed by atoms with Crippen LogP contribution >= 0.6 is 0 Å². The average molecular weight is 413 g/mol. The molecule has 0 N–H and O–H groups in total. The molecule has 7 heteroatoms. The number of hydrogen-bond acceptors (Lipinski definition) is 4. The number of halogens is 1. The summed E-state index contributed by atoms with van der Waals surface area (Å²) in [4.78, 5) is 32.1. The van der Waals surface area contributed by atoms with Gasteiger partial charge in [-0.05, 0) is 51.2 Å². The average Bonchev–Trinajstić information content (AvgIpc) is 2.94. The molecule has 3 heterocycles. The van der Waals surface area contributed by atoms with Gasteiger partial charge in [-0.2, -0.15) is 0 Å². The smallest absolute Gasteiger partial charge is 0.310 e. The second kappa shape index (κ2) is 8.98. The van der Waals surface area contributed by atoms with Gasteiger partial charge in [-0.15, -0.1) is 0 Å². The maximum atomic E-state index is 13.8. The lowest BCUT2D eigenvalue weighted by Crippen LogP contribution is -2.43. The fraction of sp³-hybridized carbons (Fsp3) is 0.522. The van der Waals surface area contributed by atoms with Gasteiger partial charge in [-0.1, -0.05) is 18.6 Å². The molecular weight excluding hydrogens is 385 g/mol. The van der Waals surface area contributed by atoms with E-state index in [1.54, 1.807) is 17.9 Å². The minimum absolute atomic E-state index is 0.141. The molecule has 2 aromatic rings. The Bertz CT molecular complexity index is 940. The monoisotopic (exact) mass is 413 g/mol. The van der Waals surface area contributed by atoms with Crippen LogP contribution in [0.3, 0.4) is 0 Å². The van der Waals surface area contributed by atoms with E-state index in [0.29, 0.717) is 36.8 Å². The van der Waals surface area contributed by atoms with Crippen molar-refractivity contribution in [2.45, 2.75) is 52.0 Å². The quantitative estimate of drug-likeness (QED) is 0.715. The van der Waals surface area contributed by atoms with E-state index in [2.05, 4.69) is 4.57 Å². The summed E-state index contributed by atoms with van der Waals surface area (Å²) in [6, 6.07) is 6.37. The van der Waals surface area contributed by atoms with E-state index >= 15 is 0 Å². The first-order chi connectivity index (χ1) is 14.6. The number of hydrogen-bond donors (Lipinski definition) is 0. The van der Waals surface area contributed by atoms with Gasteiger partial charge >= 0.3 is 5.97 Å². The van der Waals surface area contributed by atoms with Gasteiger partial charge < -0.3 is 14.2 Å². The number of likely N-dealkylation sites (tertiary alicyclic amines) is 1. The lowest BCUT2D eigenvalue weighted by molar-refractivity contribution is -0.149. The predicted molar refractivity (Wildman–Crippen MR) is 110 cm³/mol. The molecule has 0 radical (unpaired) electrons. The van der Waals surface area contributed by atoms with Crippen molar-refractivity contribution in [2.75, 3.05) is 19.7 Å². The van der Waals surface area contributed by atoms with Crippen LogP contribution in [-0.2, 0) is 22.5 Å². The molecule has 2 aliphatic heterocycles. The first kappa shape index (κ1) is 20.6. The van der Waals surface area contributed by atoms with Crippen LogP contribution in [0.1, 0.15) is 55.2 Å². The minimum Gasteiger partial charge on any atom is -0.466 e. The second-order valence-corrected chi connectivity index (χ2v) is 8.05. The Balaban J connectivity index is 1.66. The third kappa shape index (κ3) is 4.11. The number of benzene rings is 1. The molecule has 1 atom stereocenters. The molecule has 1 amide bonds. The molecular formula is C23H28FN3O3. The van der Waals surface area contributed by atoms with Gasteiger partial charge in [0.15, 0.2) is 0 Å². The number of piperidine rings is 1. The Morgan fingerprint density at radius 1 is 1.20 bits per heavy atom. The highest BCUT2D eigenvalue weighted by atomic mass is 19.1. The van der Waals surface area contributed by atoms with E-state index < -0.39 is 0 Å². The van der Waals surface area contributed by atoms with Crippen LogP contribution in [0, 0.1) is 11.7 Å². The van der Waals surface area contributed by atoms with Crippen molar-refractivity contribution in [1.82, 2.24) is 14.5 Å². The Labute approximate surface area is 176 Å². The first-order valence-electron chi connectivity index (χ1n) is 10.9. The maximum Gasteiger partial charge on any atom is 0.310 e. The van der Waals surface area contributed by atoms with Crippen LogP contribution in [0.4, 0.5) is 4.39 Å². The number of aromatic nitrogens is 2. The van der Waals surface area contributed by atoms with Gasteiger partial charge in [0.1, 0.15) is 17.3 Å². The molecule has 1 saturated heterocycles. The number of nitrogens with zero attached hydrogens (tertiary/aromatic N) is 3. The van der Waals surface area contributed by atoms with Gasteiger partial charge in [0.05, 0.1) is 18.2 Å². The largest absolute Gasteiger partial charge is 0.466 e. The zero-order valence-electron chi connectivity index (χ0n) is 17.4. The molecule has 0 spiro atoms. The number of esters is 1. The summed E-state index contributed by atoms with van der Waals surface area (Å²) in [6.45, 7) is 3.87. The fourth-order valence-corrected chi connectivity index (χ4v) is 4.50. The summed E-state index contributed by atoms with van der Waals surface area (Å²) in [6.07, 6.45) is 5.37. The number of fused-ring (bicyclic) bond motifs is 1. The maximum absolute atomic E-state index is 13.8. The third-order valence-electron chi connectivity index (χ3n) is 5.98. The summed E-state index contributed by atoms with van der Waals surface area (Å²) in [5.74, 6) is -0.337. The van der Waals surface area contributed by atoms with Crippen molar-refractivity contribution in [2.24, 2.45) is 5.92 Å². The topological polar surface area (TPSA) is 64.4 Å². The van der Waals surface area contributed by atoms with Crippen LogP contribution in [-0.4, -0.2) is 46.0 Å². The lowest BCUT2D eigenvalue weighted by Gasteiger charge is -2.31. The Morgan fingerprint density at radius 3 is 2.87 bits per heavy atom. The van der Waals surface area contributed by atoms with Crippen LogP contribution in [0.25, 0.3) is 11.4 Å². The van der Waals surface area contributed by atoms with Gasteiger partial charge in [0.2, 0.25) is 0 Å².